The normalized spacial score (nSPS) is 11.9. The van der Waals surface area contributed by atoms with Gasteiger partial charge in [-0.15, -0.1) is 0 Å². The summed E-state index contributed by atoms with van der Waals surface area (Å²) in [5, 5.41) is 3.10. The van der Waals surface area contributed by atoms with Crippen LogP contribution >= 0.6 is 0 Å². The van der Waals surface area contributed by atoms with Crippen molar-refractivity contribution >= 4 is 10.0 Å². The molecule has 0 spiro atoms. The first-order valence-electron chi connectivity index (χ1n) is 5.30. The minimum atomic E-state index is -3.02. The molecule has 0 bridgehead atoms. The molecule has 0 aliphatic carbocycles. The van der Waals surface area contributed by atoms with E-state index in [9.17, 15) is 8.42 Å². The Hall–Kier alpha value is -0.130. The standard InChI is InChI=1S/C9H22N2O2S/c1-3-5-8-11-14(12,13)9-6-7-10-4-2/h10-11H,3-9H2,1-2H3. The van der Waals surface area contributed by atoms with E-state index in [-0.39, 0.29) is 5.75 Å². The first kappa shape index (κ1) is 13.9. The van der Waals surface area contributed by atoms with Crippen molar-refractivity contribution < 1.29 is 8.42 Å². The molecule has 0 aromatic heterocycles. The van der Waals surface area contributed by atoms with Crippen LogP contribution in [0.4, 0.5) is 0 Å². The maximum Gasteiger partial charge on any atom is 0.211 e. The van der Waals surface area contributed by atoms with Gasteiger partial charge in [0.15, 0.2) is 0 Å². The molecule has 0 unspecified atom stereocenters. The van der Waals surface area contributed by atoms with E-state index in [2.05, 4.69) is 10.0 Å². The summed E-state index contributed by atoms with van der Waals surface area (Å²) in [5.74, 6) is 0.226. The number of rotatable bonds is 9. The van der Waals surface area contributed by atoms with Gasteiger partial charge in [0, 0.05) is 6.54 Å². The minimum Gasteiger partial charge on any atom is -0.317 e. The summed E-state index contributed by atoms with van der Waals surface area (Å²) in [6.45, 7) is 6.28. The molecular weight excluding hydrogens is 200 g/mol. The molecule has 86 valence electrons. The van der Waals surface area contributed by atoms with Gasteiger partial charge < -0.3 is 5.32 Å². The molecule has 0 amide bonds. The zero-order valence-electron chi connectivity index (χ0n) is 9.17. The van der Waals surface area contributed by atoms with Gasteiger partial charge in [-0.05, 0) is 25.9 Å². The number of hydrogen-bond donors (Lipinski definition) is 2. The summed E-state index contributed by atoms with van der Waals surface area (Å²) in [7, 11) is -3.02. The summed E-state index contributed by atoms with van der Waals surface area (Å²) < 4.78 is 25.2. The van der Waals surface area contributed by atoms with E-state index in [0.29, 0.717) is 13.0 Å². The largest absolute Gasteiger partial charge is 0.317 e. The molecule has 0 rings (SSSR count). The monoisotopic (exact) mass is 222 g/mol. The Morgan fingerprint density at radius 3 is 2.36 bits per heavy atom. The highest BCUT2D eigenvalue weighted by Crippen LogP contribution is 1.90. The third-order valence-electron chi connectivity index (χ3n) is 1.87. The van der Waals surface area contributed by atoms with E-state index in [1.807, 2.05) is 13.8 Å². The van der Waals surface area contributed by atoms with Gasteiger partial charge in [0.1, 0.15) is 0 Å². The molecule has 0 atom stereocenters. The molecule has 0 aromatic rings. The van der Waals surface area contributed by atoms with Crippen molar-refractivity contribution in [1.82, 2.24) is 10.0 Å². The van der Waals surface area contributed by atoms with Crippen LogP contribution in [0.25, 0.3) is 0 Å². The van der Waals surface area contributed by atoms with E-state index in [1.54, 1.807) is 0 Å². The summed E-state index contributed by atoms with van der Waals surface area (Å²) in [6.07, 6.45) is 2.60. The number of hydrogen-bond acceptors (Lipinski definition) is 3. The van der Waals surface area contributed by atoms with Crippen molar-refractivity contribution in [3.8, 4) is 0 Å². The maximum absolute atomic E-state index is 11.3. The number of sulfonamides is 1. The second-order valence-electron chi connectivity index (χ2n) is 3.27. The average Bonchev–Trinajstić information content (AvgIpc) is 2.13. The number of nitrogens with one attached hydrogen (secondary N) is 2. The van der Waals surface area contributed by atoms with Gasteiger partial charge >= 0.3 is 0 Å². The van der Waals surface area contributed by atoms with Gasteiger partial charge in [0.05, 0.1) is 5.75 Å². The first-order valence-corrected chi connectivity index (χ1v) is 6.95. The third-order valence-corrected chi connectivity index (χ3v) is 3.34. The Morgan fingerprint density at radius 1 is 1.07 bits per heavy atom. The Kier molecular flexibility index (Phi) is 8.12. The fourth-order valence-corrected chi connectivity index (χ4v) is 2.16. The lowest BCUT2D eigenvalue weighted by molar-refractivity contribution is 0.573. The van der Waals surface area contributed by atoms with Crippen molar-refractivity contribution in [2.75, 3.05) is 25.4 Å². The van der Waals surface area contributed by atoms with Gasteiger partial charge in [-0.2, -0.15) is 0 Å². The van der Waals surface area contributed by atoms with E-state index in [0.717, 1.165) is 25.9 Å². The van der Waals surface area contributed by atoms with Crippen LogP contribution in [-0.4, -0.2) is 33.8 Å². The van der Waals surface area contributed by atoms with Gasteiger partial charge in [-0.1, -0.05) is 20.3 Å². The predicted molar refractivity (Wildman–Crippen MR) is 59.9 cm³/mol. The van der Waals surface area contributed by atoms with Crippen LogP contribution in [0.5, 0.6) is 0 Å². The van der Waals surface area contributed by atoms with Crippen molar-refractivity contribution in [2.24, 2.45) is 0 Å². The van der Waals surface area contributed by atoms with Crippen LogP contribution in [0.1, 0.15) is 33.1 Å². The highest BCUT2D eigenvalue weighted by Gasteiger charge is 2.07. The highest BCUT2D eigenvalue weighted by atomic mass is 32.2. The molecule has 0 aliphatic heterocycles. The van der Waals surface area contributed by atoms with Crippen molar-refractivity contribution in [2.45, 2.75) is 33.1 Å². The minimum absolute atomic E-state index is 0.226. The molecule has 2 N–H and O–H groups in total. The van der Waals surface area contributed by atoms with E-state index >= 15 is 0 Å². The van der Waals surface area contributed by atoms with Gasteiger partial charge in [0.25, 0.3) is 0 Å². The van der Waals surface area contributed by atoms with Crippen molar-refractivity contribution in [3.63, 3.8) is 0 Å². The molecule has 5 heteroatoms. The molecule has 0 fully saturated rings. The van der Waals surface area contributed by atoms with Gasteiger partial charge in [-0.25, -0.2) is 13.1 Å². The maximum atomic E-state index is 11.3. The topological polar surface area (TPSA) is 58.2 Å². The molecule has 0 aliphatic rings. The first-order chi connectivity index (χ1) is 6.62. The Balaban J connectivity index is 3.52. The average molecular weight is 222 g/mol. The van der Waals surface area contributed by atoms with E-state index in [4.69, 9.17) is 0 Å². The molecule has 4 nitrogen and oxygen atoms in total. The smallest absolute Gasteiger partial charge is 0.211 e. The zero-order chi connectivity index (χ0) is 10.9. The van der Waals surface area contributed by atoms with Crippen LogP contribution in [-0.2, 0) is 10.0 Å². The predicted octanol–water partition coefficient (Wildman–Crippen LogP) is 0.706. The Labute approximate surface area is 87.5 Å². The van der Waals surface area contributed by atoms with E-state index < -0.39 is 10.0 Å². The fourth-order valence-electron chi connectivity index (χ4n) is 1.04. The molecule has 0 aromatic carbocycles. The lowest BCUT2D eigenvalue weighted by atomic mass is 10.3. The lowest BCUT2D eigenvalue weighted by Crippen LogP contribution is -2.29. The summed E-state index contributed by atoms with van der Waals surface area (Å²) >= 11 is 0. The Morgan fingerprint density at radius 2 is 1.79 bits per heavy atom. The third kappa shape index (κ3) is 8.47. The quantitative estimate of drug-likeness (QED) is 0.565. The van der Waals surface area contributed by atoms with Crippen LogP contribution in [0.3, 0.4) is 0 Å². The molecule has 0 saturated heterocycles. The summed E-state index contributed by atoms with van der Waals surface area (Å²) in [6, 6.07) is 0. The highest BCUT2D eigenvalue weighted by molar-refractivity contribution is 7.89. The van der Waals surface area contributed by atoms with Crippen LogP contribution in [0.2, 0.25) is 0 Å². The fraction of sp³-hybridized carbons (Fsp3) is 1.00. The molecule has 0 heterocycles. The van der Waals surface area contributed by atoms with Crippen molar-refractivity contribution in [1.29, 1.82) is 0 Å². The van der Waals surface area contributed by atoms with Crippen molar-refractivity contribution in [3.05, 3.63) is 0 Å². The van der Waals surface area contributed by atoms with Crippen LogP contribution in [0.15, 0.2) is 0 Å². The number of unbranched alkanes of at least 4 members (excludes halogenated alkanes) is 1. The molecule has 14 heavy (non-hydrogen) atoms. The lowest BCUT2D eigenvalue weighted by Gasteiger charge is -2.05. The summed E-state index contributed by atoms with van der Waals surface area (Å²) in [5.41, 5.74) is 0. The van der Waals surface area contributed by atoms with Gasteiger partial charge in [-0.3, -0.25) is 0 Å². The second kappa shape index (κ2) is 8.20. The Bertz CT molecular complexity index is 215. The second-order valence-corrected chi connectivity index (χ2v) is 5.20. The molecule has 0 saturated carbocycles. The van der Waals surface area contributed by atoms with Crippen LogP contribution < -0.4 is 10.0 Å². The zero-order valence-corrected chi connectivity index (χ0v) is 9.99. The molecule has 0 radical (unpaired) electrons. The van der Waals surface area contributed by atoms with Crippen LogP contribution in [0, 0.1) is 0 Å². The van der Waals surface area contributed by atoms with E-state index in [1.165, 1.54) is 0 Å². The SMILES string of the molecule is CCCCNS(=O)(=O)CCCNCC. The summed E-state index contributed by atoms with van der Waals surface area (Å²) in [4.78, 5) is 0. The molecular formula is C9H22N2O2S. The van der Waals surface area contributed by atoms with Gasteiger partial charge in [0.2, 0.25) is 10.0 Å².